The predicted molar refractivity (Wildman–Crippen MR) is 87.0 cm³/mol. The summed E-state index contributed by atoms with van der Waals surface area (Å²) in [7, 11) is 0. The van der Waals surface area contributed by atoms with Gasteiger partial charge in [0.2, 0.25) is 0 Å². The van der Waals surface area contributed by atoms with E-state index in [1.165, 1.54) is 22.2 Å². The fraction of sp³-hybridized carbons (Fsp3) is 0.211. The molecule has 0 bridgehead atoms. The molecular formula is C19H19NO. The molecule has 106 valence electrons. The number of carbonyl (C=O) groups excluding carboxylic acids is 1. The highest BCUT2D eigenvalue weighted by molar-refractivity contribution is 5.98. The van der Waals surface area contributed by atoms with Crippen molar-refractivity contribution >= 4 is 16.7 Å². The third-order valence-corrected chi connectivity index (χ3v) is 4.23. The Morgan fingerprint density at radius 2 is 1.76 bits per heavy atom. The summed E-state index contributed by atoms with van der Waals surface area (Å²) in [5.74, 6) is 0.111. The number of aromatic nitrogens is 1. The molecule has 2 heteroatoms. The number of rotatable bonds is 3. The van der Waals surface area contributed by atoms with Gasteiger partial charge in [0.1, 0.15) is 0 Å². The maximum absolute atomic E-state index is 11.6. The van der Waals surface area contributed by atoms with Crippen LogP contribution in [0.3, 0.4) is 0 Å². The van der Waals surface area contributed by atoms with E-state index in [4.69, 9.17) is 0 Å². The zero-order chi connectivity index (χ0) is 15.0. The lowest BCUT2D eigenvalue weighted by Crippen LogP contribution is -2.02. The fourth-order valence-corrected chi connectivity index (χ4v) is 2.84. The van der Waals surface area contributed by atoms with E-state index in [0.717, 1.165) is 17.6 Å². The van der Waals surface area contributed by atoms with Crippen LogP contribution in [0.15, 0.2) is 48.5 Å². The number of nitrogens with zero attached hydrogens (tertiary/aromatic N) is 1. The van der Waals surface area contributed by atoms with Crippen molar-refractivity contribution in [1.29, 1.82) is 0 Å². The van der Waals surface area contributed by atoms with Gasteiger partial charge in [0, 0.05) is 28.7 Å². The zero-order valence-electron chi connectivity index (χ0n) is 12.7. The molecular weight excluding hydrogens is 258 g/mol. The zero-order valence-corrected chi connectivity index (χ0v) is 12.7. The minimum Gasteiger partial charge on any atom is -0.340 e. The molecule has 1 heterocycles. The smallest absolute Gasteiger partial charge is 0.159 e. The monoisotopic (exact) mass is 277 g/mol. The van der Waals surface area contributed by atoms with Gasteiger partial charge in [-0.1, -0.05) is 42.5 Å². The summed E-state index contributed by atoms with van der Waals surface area (Å²) in [4.78, 5) is 11.6. The van der Waals surface area contributed by atoms with Gasteiger partial charge < -0.3 is 4.57 Å². The van der Waals surface area contributed by atoms with Gasteiger partial charge in [-0.2, -0.15) is 0 Å². The number of ketones is 1. The summed E-state index contributed by atoms with van der Waals surface area (Å²) >= 11 is 0. The lowest BCUT2D eigenvalue weighted by Gasteiger charge is -2.09. The molecule has 0 saturated carbocycles. The first-order chi connectivity index (χ1) is 10.1. The molecule has 0 aliphatic heterocycles. The van der Waals surface area contributed by atoms with E-state index in [9.17, 15) is 4.79 Å². The van der Waals surface area contributed by atoms with Crippen molar-refractivity contribution in [2.75, 3.05) is 0 Å². The topological polar surface area (TPSA) is 22.0 Å². The molecule has 2 nitrogen and oxygen atoms in total. The van der Waals surface area contributed by atoms with Crippen LogP contribution in [0, 0.1) is 13.8 Å². The molecule has 0 saturated heterocycles. The van der Waals surface area contributed by atoms with Crippen molar-refractivity contribution in [3.8, 4) is 0 Å². The quantitative estimate of drug-likeness (QED) is 0.646. The first-order valence-electron chi connectivity index (χ1n) is 7.22. The van der Waals surface area contributed by atoms with Gasteiger partial charge >= 0.3 is 0 Å². The summed E-state index contributed by atoms with van der Waals surface area (Å²) < 4.78 is 2.30. The number of Topliss-reactive ketones (excluding diaryl/α,β-unsaturated/α-hetero) is 1. The van der Waals surface area contributed by atoms with E-state index in [1.807, 2.05) is 18.2 Å². The molecule has 0 fully saturated rings. The van der Waals surface area contributed by atoms with Crippen molar-refractivity contribution in [3.05, 3.63) is 70.9 Å². The Labute approximate surface area is 125 Å². The van der Waals surface area contributed by atoms with Gasteiger partial charge in [0.05, 0.1) is 0 Å². The van der Waals surface area contributed by atoms with Crippen LogP contribution >= 0.6 is 0 Å². The molecule has 3 aromatic rings. The second-order valence-electron chi connectivity index (χ2n) is 5.57. The molecule has 0 atom stereocenters. The van der Waals surface area contributed by atoms with E-state index >= 15 is 0 Å². The lowest BCUT2D eigenvalue weighted by atomic mass is 10.1. The van der Waals surface area contributed by atoms with Gasteiger partial charge in [-0.3, -0.25) is 4.79 Å². The van der Waals surface area contributed by atoms with E-state index in [-0.39, 0.29) is 5.78 Å². The third-order valence-electron chi connectivity index (χ3n) is 4.23. The van der Waals surface area contributed by atoms with Crippen molar-refractivity contribution in [2.45, 2.75) is 27.3 Å². The Balaban J connectivity index is 2.18. The van der Waals surface area contributed by atoms with E-state index in [0.29, 0.717) is 0 Å². The Kier molecular flexibility index (Phi) is 3.38. The standard InChI is InChI=1S/C19H19NO/c1-13-14(2)20(12-16-7-5-4-6-8-16)19-11-17(15(3)21)9-10-18(13)19/h4-11H,12H2,1-3H3. The molecule has 0 amide bonds. The van der Waals surface area contributed by atoms with Crippen molar-refractivity contribution in [1.82, 2.24) is 4.57 Å². The van der Waals surface area contributed by atoms with Crippen LogP contribution in [0.4, 0.5) is 0 Å². The van der Waals surface area contributed by atoms with Crippen LogP contribution in [0.2, 0.25) is 0 Å². The second kappa shape index (κ2) is 5.21. The molecule has 3 rings (SSSR count). The van der Waals surface area contributed by atoms with Crippen LogP contribution in [0.5, 0.6) is 0 Å². The van der Waals surface area contributed by atoms with Crippen LogP contribution in [0.1, 0.15) is 34.1 Å². The molecule has 21 heavy (non-hydrogen) atoms. The van der Waals surface area contributed by atoms with Gasteiger partial charge in [-0.25, -0.2) is 0 Å². The van der Waals surface area contributed by atoms with Crippen molar-refractivity contribution in [2.24, 2.45) is 0 Å². The molecule has 0 spiro atoms. The minimum atomic E-state index is 0.111. The average molecular weight is 277 g/mol. The Morgan fingerprint density at radius 3 is 2.43 bits per heavy atom. The maximum Gasteiger partial charge on any atom is 0.159 e. The number of aryl methyl sites for hydroxylation is 1. The number of hydrogen-bond donors (Lipinski definition) is 0. The highest BCUT2D eigenvalue weighted by Crippen LogP contribution is 2.27. The van der Waals surface area contributed by atoms with Crippen LogP contribution in [-0.4, -0.2) is 10.4 Å². The number of carbonyl (C=O) groups is 1. The van der Waals surface area contributed by atoms with E-state index in [1.54, 1.807) is 6.92 Å². The molecule has 1 aromatic heterocycles. The molecule has 0 radical (unpaired) electrons. The molecule has 0 unspecified atom stereocenters. The van der Waals surface area contributed by atoms with Gasteiger partial charge in [-0.05, 0) is 38.0 Å². The Hall–Kier alpha value is -2.35. The summed E-state index contributed by atoms with van der Waals surface area (Å²) in [6.07, 6.45) is 0. The van der Waals surface area contributed by atoms with Crippen LogP contribution in [-0.2, 0) is 6.54 Å². The first kappa shape index (κ1) is 13.6. The Bertz CT molecular complexity index is 812. The summed E-state index contributed by atoms with van der Waals surface area (Å²) in [5, 5.41) is 1.23. The van der Waals surface area contributed by atoms with Gasteiger partial charge in [0.15, 0.2) is 5.78 Å². The SMILES string of the molecule is CC(=O)c1ccc2c(C)c(C)n(Cc3ccccc3)c2c1. The third kappa shape index (κ3) is 2.38. The minimum absolute atomic E-state index is 0.111. The van der Waals surface area contributed by atoms with Crippen LogP contribution in [0.25, 0.3) is 10.9 Å². The maximum atomic E-state index is 11.6. The van der Waals surface area contributed by atoms with Gasteiger partial charge in [0.25, 0.3) is 0 Å². The molecule has 2 aromatic carbocycles. The number of hydrogen-bond acceptors (Lipinski definition) is 1. The molecule has 0 aliphatic rings. The summed E-state index contributed by atoms with van der Waals surface area (Å²) in [6.45, 7) is 6.74. The highest BCUT2D eigenvalue weighted by Gasteiger charge is 2.12. The molecule has 0 aliphatic carbocycles. The summed E-state index contributed by atoms with van der Waals surface area (Å²) in [5.41, 5.74) is 5.73. The second-order valence-corrected chi connectivity index (χ2v) is 5.57. The van der Waals surface area contributed by atoms with E-state index in [2.05, 4.69) is 48.7 Å². The fourth-order valence-electron chi connectivity index (χ4n) is 2.84. The average Bonchev–Trinajstić information content (AvgIpc) is 2.73. The Morgan fingerprint density at radius 1 is 1.05 bits per heavy atom. The van der Waals surface area contributed by atoms with E-state index < -0.39 is 0 Å². The van der Waals surface area contributed by atoms with Gasteiger partial charge in [-0.15, -0.1) is 0 Å². The predicted octanol–water partition coefficient (Wildman–Crippen LogP) is 4.51. The normalized spacial score (nSPS) is 11.0. The number of benzene rings is 2. The molecule has 0 N–H and O–H groups in total. The van der Waals surface area contributed by atoms with Crippen molar-refractivity contribution < 1.29 is 4.79 Å². The first-order valence-corrected chi connectivity index (χ1v) is 7.22. The summed E-state index contributed by atoms with van der Waals surface area (Å²) in [6, 6.07) is 16.4. The van der Waals surface area contributed by atoms with Crippen LogP contribution < -0.4 is 0 Å². The van der Waals surface area contributed by atoms with Crippen molar-refractivity contribution in [3.63, 3.8) is 0 Å². The largest absolute Gasteiger partial charge is 0.340 e. The highest BCUT2D eigenvalue weighted by atomic mass is 16.1. The number of fused-ring (bicyclic) bond motifs is 1. The lowest BCUT2D eigenvalue weighted by molar-refractivity contribution is 0.101.